The van der Waals surface area contributed by atoms with Crippen molar-refractivity contribution in [3.05, 3.63) is 12.0 Å². The fourth-order valence-electron chi connectivity index (χ4n) is 0.880. The Hall–Kier alpha value is -1.52. The van der Waals surface area contributed by atoms with E-state index >= 15 is 0 Å². The Labute approximate surface area is 82.9 Å². The summed E-state index contributed by atoms with van der Waals surface area (Å²) < 4.78 is 4.97. The Bertz CT molecular complexity index is 325. The molecule has 14 heavy (non-hydrogen) atoms. The minimum atomic E-state index is -0.320. The third kappa shape index (κ3) is 3.47. The Morgan fingerprint density at radius 1 is 1.50 bits per heavy atom. The first kappa shape index (κ1) is 10.6. The average Bonchev–Trinajstić information content (AvgIpc) is 2.30. The van der Waals surface area contributed by atoms with Gasteiger partial charge in [-0.05, 0) is 27.7 Å². The molecule has 0 aliphatic heterocycles. The SMILES string of the molecule is Cc1coc(NC(=O)NC(C)(C)C)n1. The van der Waals surface area contributed by atoms with Crippen LogP contribution in [0.3, 0.4) is 0 Å². The zero-order valence-corrected chi connectivity index (χ0v) is 8.84. The standard InChI is InChI=1S/C9H15N3O2/c1-6-5-14-8(10-6)11-7(13)12-9(2,3)4/h5H,1-4H3,(H2,10,11,12,13). The molecule has 0 aliphatic rings. The van der Waals surface area contributed by atoms with Crippen LogP contribution in [0.15, 0.2) is 10.7 Å². The summed E-state index contributed by atoms with van der Waals surface area (Å²) >= 11 is 0. The summed E-state index contributed by atoms with van der Waals surface area (Å²) in [4.78, 5) is 15.3. The van der Waals surface area contributed by atoms with Crippen LogP contribution in [0.1, 0.15) is 26.5 Å². The maximum Gasteiger partial charge on any atom is 0.323 e. The molecule has 2 N–H and O–H groups in total. The van der Waals surface area contributed by atoms with E-state index in [2.05, 4.69) is 15.6 Å². The van der Waals surface area contributed by atoms with Crippen molar-refractivity contribution in [1.82, 2.24) is 10.3 Å². The summed E-state index contributed by atoms with van der Waals surface area (Å²) in [5, 5.41) is 5.22. The van der Waals surface area contributed by atoms with E-state index in [9.17, 15) is 4.79 Å². The number of hydrogen-bond acceptors (Lipinski definition) is 3. The van der Waals surface area contributed by atoms with Crippen LogP contribution in [0.2, 0.25) is 0 Å². The number of aryl methyl sites for hydroxylation is 1. The number of amides is 2. The van der Waals surface area contributed by atoms with Crippen molar-refractivity contribution < 1.29 is 9.21 Å². The van der Waals surface area contributed by atoms with Crippen LogP contribution < -0.4 is 10.6 Å². The minimum Gasteiger partial charge on any atom is -0.432 e. The zero-order valence-electron chi connectivity index (χ0n) is 8.84. The molecule has 0 fully saturated rings. The van der Waals surface area contributed by atoms with E-state index in [1.807, 2.05) is 20.8 Å². The number of anilines is 1. The zero-order chi connectivity index (χ0) is 10.8. The highest BCUT2D eigenvalue weighted by Gasteiger charge is 2.14. The van der Waals surface area contributed by atoms with Crippen LogP contribution in [0.4, 0.5) is 10.8 Å². The van der Waals surface area contributed by atoms with Gasteiger partial charge in [-0.3, -0.25) is 5.32 Å². The van der Waals surface area contributed by atoms with E-state index in [0.717, 1.165) is 5.69 Å². The Morgan fingerprint density at radius 2 is 2.14 bits per heavy atom. The van der Waals surface area contributed by atoms with Crippen molar-refractivity contribution in [3.8, 4) is 0 Å². The van der Waals surface area contributed by atoms with E-state index in [4.69, 9.17) is 4.42 Å². The van der Waals surface area contributed by atoms with Gasteiger partial charge in [-0.2, -0.15) is 4.98 Å². The summed E-state index contributed by atoms with van der Waals surface area (Å²) in [7, 11) is 0. The van der Waals surface area contributed by atoms with E-state index in [-0.39, 0.29) is 17.6 Å². The van der Waals surface area contributed by atoms with E-state index < -0.39 is 0 Å². The van der Waals surface area contributed by atoms with Gasteiger partial charge in [0.15, 0.2) is 0 Å². The van der Waals surface area contributed by atoms with Gasteiger partial charge in [0.05, 0.1) is 5.69 Å². The molecular weight excluding hydrogens is 182 g/mol. The Balaban J connectivity index is 2.50. The fraction of sp³-hybridized carbons (Fsp3) is 0.556. The van der Waals surface area contributed by atoms with Crippen LogP contribution in [0.5, 0.6) is 0 Å². The third-order valence-electron chi connectivity index (χ3n) is 1.33. The number of carbonyl (C=O) groups excluding carboxylic acids is 1. The first-order valence-corrected chi connectivity index (χ1v) is 4.38. The van der Waals surface area contributed by atoms with Gasteiger partial charge in [-0.1, -0.05) is 0 Å². The highest BCUT2D eigenvalue weighted by atomic mass is 16.4. The molecule has 1 heterocycles. The first-order chi connectivity index (χ1) is 6.37. The van der Waals surface area contributed by atoms with Crippen molar-refractivity contribution in [2.75, 3.05) is 5.32 Å². The monoisotopic (exact) mass is 197 g/mol. The van der Waals surface area contributed by atoms with Gasteiger partial charge in [0, 0.05) is 5.54 Å². The summed E-state index contributed by atoms with van der Waals surface area (Å²) in [5.41, 5.74) is 0.460. The molecule has 2 amide bonds. The molecule has 0 spiro atoms. The molecule has 0 aliphatic carbocycles. The molecule has 0 bridgehead atoms. The first-order valence-electron chi connectivity index (χ1n) is 4.38. The van der Waals surface area contributed by atoms with Crippen LogP contribution in [-0.4, -0.2) is 16.6 Å². The lowest BCUT2D eigenvalue weighted by molar-refractivity contribution is 0.243. The second-order valence-corrected chi connectivity index (χ2v) is 4.12. The van der Waals surface area contributed by atoms with Crippen LogP contribution in [0, 0.1) is 6.92 Å². The molecule has 0 unspecified atom stereocenters. The number of nitrogens with one attached hydrogen (secondary N) is 2. The molecule has 1 aromatic rings. The molecule has 1 aromatic heterocycles. The van der Waals surface area contributed by atoms with Gasteiger partial charge in [0.1, 0.15) is 6.26 Å². The number of oxazole rings is 1. The molecule has 0 saturated heterocycles. The molecule has 5 nitrogen and oxygen atoms in total. The van der Waals surface area contributed by atoms with Crippen LogP contribution in [0.25, 0.3) is 0 Å². The molecule has 0 saturated carbocycles. The van der Waals surface area contributed by atoms with E-state index in [0.29, 0.717) is 0 Å². The number of aromatic nitrogens is 1. The predicted molar refractivity (Wildman–Crippen MR) is 53.1 cm³/mol. The number of carbonyl (C=O) groups is 1. The average molecular weight is 197 g/mol. The fourth-order valence-corrected chi connectivity index (χ4v) is 0.880. The summed E-state index contributed by atoms with van der Waals surface area (Å²) in [6, 6.07) is -0.108. The lowest BCUT2D eigenvalue weighted by Crippen LogP contribution is -2.43. The highest BCUT2D eigenvalue weighted by Crippen LogP contribution is 2.06. The Kier molecular flexibility index (Phi) is 2.78. The number of nitrogens with zero attached hydrogens (tertiary/aromatic N) is 1. The minimum absolute atomic E-state index is 0.212. The maximum atomic E-state index is 11.3. The molecule has 0 atom stereocenters. The van der Waals surface area contributed by atoms with Crippen LogP contribution in [-0.2, 0) is 0 Å². The topological polar surface area (TPSA) is 67.2 Å². The van der Waals surface area contributed by atoms with E-state index in [1.165, 1.54) is 6.26 Å². The van der Waals surface area contributed by atoms with Crippen molar-refractivity contribution in [1.29, 1.82) is 0 Å². The highest BCUT2D eigenvalue weighted by molar-refractivity contribution is 5.87. The Morgan fingerprint density at radius 3 is 2.57 bits per heavy atom. The predicted octanol–water partition coefficient (Wildman–Crippen LogP) is 1.90. The second kappa shape index (κ2) is 3.69. The van der Waals surface area contributed by atoms with Crippen LogP contribution >= 0.6 is 0 Å². The summed E-state index contributed by atoms with van der Waals surface area (Å²) in [6.45, 7) is 7.48. The largest absolute Gasteiger partial charge is 0.432 e. The molecule has 78 valence electrons. The summed E-state index contributed by atoms with van der Waals surface area (Å²) in [5.74, 6) is 0. The van der Waals surface area contributed by atoms with E-state index in [1.54, 1.807) is 6.92 Å². The number of urea groups is 1. The van der Waals surface area contributed by atoms with Gasteiger partial charge >= 0.3 is 12.0 Å². The van der Waals surface area contributed by atoms with Gasteiger partial charge < -0.3 is 9.73 Å². The van der Waals surface area contributed by atoms with Gasteiger partial charge in [-0.25, -0.2) is 4.79 Å². The van der Waals surface area contributed by atoms with Gasteiger partial charge in [0.25, 0.3) is 0 Å². The van der Waals surface area contributed by atoms with Crippen molar-refractivity contribution in [2.24, 2.45) is 0 Å². The molecular formula is C9H15N3O2. The molecule has 1 rings (SSSR count). The molecule has 5 heteroatoms. The van der Waals surface area contributed by atoms with Crippen molar-refractivity contribution in [2.45, 2.75) is 33.2 Å². The normalized spacial score (nSPS) is 11.1. The van der Waals surface area contributed by atoms with Crippen molar-refractivity contribution >= 4 is 12.0 Å². The number of hydrogen-bond donors (Lipinski definition) is 2. The molecule has 0 radical (unpaired) electrons. The van der Waals surface area contributed by atoms with Gasteiger partial charge in [0.2, 0.25) is 0 Å². The lowest BCUT2D eigenvalue weighted by Gasteiger charge is -2.19. The second-order valence-electron chi connectivity index (χ2n) is 4.12. The molecule has 0 aromatic carbocycles. The smallest absolute Gasteiger partial charge is 0.323 e. The lowest BCUT2D eigenvalue weighted by atomic mass is 10.1. The maximum absolute atomic E-state index is 11.3. The number of rotatable bonds is 1. The third-order valence-corrected chi connectivity index (χ3v) is 1.33. The van der Waals surface area contributed by atoms with Gasteiger partial charge in [-0.15, -0.1) is 0 Å². The summed E-state index contributed by atoms with van der Waals surface area (Å²) in [6.07, 6.45) is 1.48. The van der Waals surface area contributed by atoms with Crippen molar-refractivity contribution in [3.63, 3.8) is 0 Å². The quantitative estimate of drug-likeness (QED) is 0.722.